The molecule has 3 rings (SSSR count). The third-order valence-electron chi connectivity index (χ3n) is 3.08. The van der Waals surface area contributed by atoms with Crippen molar-refractivity contribution in [1.29, 1.82) is 0 Å². The van der Waals surface area contributed by atoms with Gasteiger partial charge < -0.3 is 9.73 Å². The normalized spacial score (nSPS) is 10.3. The van der Waals surface area contributed by atoms with Crippen LogP contribution in [-0.2, 0) is 17.8 Å². The number of hydrogen-bond acceptors (Lipinski definition) is 6. The van der Waals surface area contributed by atoms with Crippen molar-refractivity contribution in [3.05, 3.63) is 65.1 Å². The summed E-state index contributed by atoms with van der Waals surface area (Å²) < 4.78 is 4.99. The van der Waals surface area contributed by atoms with Crippen LogP contribution in [0.25, 0.3) is 0 Å². The van der Waals surface area contributed by atoms with Crippen LogP contribution in [0, 0.1) is 0 Å². The van der Waals surface area contributed by atoms with Crippen molar-refractivity contribution in [2.24, 2.45) is 0 Å². The van der Waals surface area contributed by atoms with E-state index in [-0.39, 0.29) is 18.1 Å². The number of benzene rings is 1. The minimum absolute atomic E-state index is 0.112. The zero-order valence-corrected chi connectivity index (χ0v) is 13.4. The number of aromatic nitrogens is 2. The highest BCUT2D eigenvalue weighted by atomic mass is 32.1. The standard InChI is InChI=1S/C16H14N4O3S/c21-13(17-10-11-5-2-1-3-6-11)9-14-19-20-16(24-14)18-15(22)12-7-4-8-23-12/h1-8H,9-10H2,(H,17,21)(H,18,20,22). The van der Waals surface area contributed by atoms with Gasteiger partial charge in [-0.25, -0.2) is 0 Å². The number of rotatable bonds is 6. The van der Waals surface area contributed by atoms with E-state index >= 15 is 0 Å². The summed E-state index contributed by atoms with van der Waals surface area (Å²) in [6.45, 7) is 0.459. The largest absolute Gasteiger partial charge is 0.459 e. The van der Waals surface area contributed by atoms with E-state index in [1.54, 1.807) is 12.1 Å². The maximum atomic E-state index is 11.9. The Morgan fingerprint density at radius 2 is 1.92 bits per heavy atom. The number of carbonyl (C=O) groups is 2. The van der Waals surface area contributed by atoms with Gasteiger partial charge in [-0.15, -0.1) is 10.2 Å². The molecule has 2 aromatic heterocycles. The average molecular weight is 342 g/mol. The number of furan rings is 1. The lowest BCUT2D eigenvalue weighted by atomic mass is 10.2. The smallest absolute Gasteiger partial charge is 0.293 e. The van der Waals surface area contributed by atoms with Gasteiger partial charge >= 0.3 is 0 Å². The Balaban J connectivity index is 1.50. The van der Waals surface area contributed by atoms with Gasteiger partial charge in [0, 0.05) is 6.54 Å². The lowest BCUT2D eigenvalue weighted by molar-refractivity contribution is -0.120. The second-order valence-electron chi connectivity index (χ2n) is 4.87. The van der Waals surface area contributed by atoms with Gasteiger partial charge in [-0.3, -0.25) is 14.9 Å². The molecule has 1 aromatic carbocycles. The summed E-state index contributed by atoms with van der Waals surface area (Å²) in [6.07, 6.45) is 1.53. The van der Waals surface area contributed by atoms with Gasteiger partial charge in [0.15, 0.2) is 5.76 Å². The molecule has 24 heavy (non-hydrogen) atoms. The Hall–Kier alpha value is -3.00. The molecule has 2 amide bonds. The zero-order chi connectivity index (χ0) is 16.8. The lowest BCUT2D eigenvalue weighted by Gasteiger charge is -2.03. The van der Waals surface area contributed by atoms with Gasteiger partial charge in [-0.1, -0.05) is 41.7 Å². The highest BCUT2D eigenvalue weighted by Gasteiger charge is 2.13. The minimum atomic E-state index is -0.406. The summed E-state index contributed by atoms with van der Waals surface area (Å²) in [5, 5.41) is 14.0. The Kier molecular flexibility index (Phi) is 4.97. The molecular formula is C16H14N4O3S. The monoisotopic (exact) mass is 342 g/mol. The molecule has 0 atom stereocenters. The number of nitrogens with zero attached hydrogens (tertiary/aromatic N) is 2. The first kappa shape index (κ1) is 15.9. The van der Waals surface area contributed by atoms with Crippen LogP contribution >= 0.6 is 11.3 Å². The van der Waals surface area contributed by atoms with Crippen LogP contribution in [0.5, 0.6) is 0 Å². The molecule has 0 unspecified atom stereocenters. The number of carbonyl (C=O) groups excluding carboxylic acids is 2. The first-order valence-electron chi connectivity index (χ1n) is 7.18. The SMILES string of the molecule is O=C(Cc1nnc(NC(=O)c2ccco2)s1)NCc1ccccc1. The fraction of sp³-hybridized carbons (Fsp3) is 0.125. The highest BCUT2D eigenvalue weighted by Crippen LogP contribution is 2.17. The molecule has 3 aromatic rings. The van der Waals surface area contributed by atoms with Gasteiger partial charge in [0.25, 0.3) is 5.91 Å². The first-order valence-corrected chi connectivity index (χ1v) is 8.00. The van der Waals surface area contributed by atoms with E-state index in [4.69, 9.17) is 4.42 Å². The number of hydrogen-bond donors (Lipinski definition) is 2. The van der Waals surface area contributed by atoms with Gasteiger partial charge in [0.1, 0.15) is 5.01 Å². The predicted octanol–water partition coefficient (Wildman–Crippen LogP) is 2.24. The molecule has 0 radical (unpaired) electrons. The minimum Gasteiger partial charge on any atom is -0.459 e. The fourth-order valence-electron chi connectivity index (χ4n) is 1.94. The molecule has 122 valence electrons. The van der Waals surface area contributed by atoms with Crippen molar-refractivity contribution in [3.8, 4) is 0 Å². The van der Waals surface area contributed by atoms with Crippen LogP contribution in [0.2, 0.25) is 0 Å². The summed E-state index contributed by atoms with van der Waals surface area (Å²) in [6, 6.07) is 12.8. The van der Waals surface area contributed by atoms with Crippen LogP contribution in [-0.4, -0.2) is 22.0 Å². The molecule has 7 nitrogen and oxygen atoms in total. The summed E-state index contributed by atoms with van der Waals surface area (Å²) >= 11 is 1.15. The Morgan fingerprint density at radius 3 is 2.67 bits per heavy atom. The van der Waals surface area contributed by atoms with Crippen molar-refractivity contribution in [2.75, 3.05) is 5.32 Å². The topological polar surface area (TPSA) is 97.1 Å². The first-order chi connectivity index (χ1) is 11.7. The van der Waals surface area contributed by atoms with Crippen molar-refractivity contribution >= 4 is 28.3 Å². The molecule has 0 aliphatic heterocycles. The van der Waals surface area contributed by atoms with Crippen molar-refractivity contribution in [3.63, 3.8) is 0 Å². The molecule has 2 heterocycles. The lowest BCUT2D eigenvalue weighted by Crippen LogP contribution is -2.24. The van der Waals surface area contributed by atoms with Crippen LogP contribution in [0.15, 0.2) is 53.1 Å². The van der Waals surface area contributed by atoms with Crippen molar-refractivity contribution in [2.45, 2.75) is 13.0 Å². The van der Waals surface area contributed by atoms with E-state index in [9.17, 15) is 9.59 Å². The maximum Gasteiger partial charge on any atom is 0.293 e. The molecule has 0 bridgehead atoms. The number of nitrogens with one attached hydrogen (secondary N) is 2. The Labute approximate surface area is 141 Å². The fourth-order valence-corrected chi connectivity index (χ4v) is 2.67. The highest BCUT2D eigenvalue weighted by molar-refractivity contribution is 7.15. The molecule has 0 spiro atoms. The summed E-state index contributed by atoms with van der Waals surface area (Å²) in [5.74, 6) is -0.373. The molecule has 0 saturated heterocycles. The second kappa shape index (κ2) is 7.51. The van der Waals surface area contributed by atoms with E-state index in [0.717, 1.165) is 16.9 Å². The molecular weight excluding hydrogens is 328 g/mol. The molecule has 0 aliphatic rings. The Bertz CT molecular complexity index is 815. The maximum absolute atomic E-state index is 11.9. The van der Waals surface area contributed by atoms with Crippen LogP contribution in [0.3, 0.4) is 0 Å². The summed E-state index contributed by atoms with van der Waals surface area (Å²) in [4.78, 5) is 23.8. The third-order valence-corrected chi connectivity index (χ3v) is 3.92. The number of anilines is 1. The summed E-state index contributed by atoms with van der Waals surface area (Å²) in [5.41, 5.74) is 1.02. The predicted molar refractivity (Wildman–Crippen MR) is 88.6 cm³/mol. The van der Waals surface area contributed by atoms with Gasteiger partial charge in [-0.05, 0) is 17.7 Å². The van der Waals surface area contributed by atoms with E-state index in [1.807, 2.05) is 30.3 Å². The van der Waals surface area contributed by atoms with Crippen molar-refractivity contribution in [1.82, 2.24) is 15.5 Å². The summed E-state index contributed by atoms with van der Waals surface area (Å²) in [7, 11) is 0. The van der Waals surface area contributed by atoms with Gasteiger partial charge in [0.05, 0.1) is 12.7 Å². The molecule has 8 heteroatoms. The van der Waals surface area contributed by atoms with Crippen LogP contribution in [0.1, 0.15) is 21.1 Å². The van der Waals surface area contributed by atoms with Crippen molar-refractivity contribution < 1.29 is 14.0 Å². The average Bonchev–Trinajstić information content (AvgIpc) is 3.26. The van der Waals surface area contributed by atoms with E-state index in [2.05, 4.69) is 20.8 Å². The van der Waals surface area contributed by atoms with E-state index in [0.29, 0.717) is 16.7 Å². The molecule has 0 aliphatic carbocycles. The molecule has 0 fully saturated rings. The van der Waals surface area contributed by atoms with Gasteiger partial charge in [-0.2, -0.15) is 0 Å². The van der Waals surface area contributed by atoms with E-state index < -0.39 is 5.91 Å². The van der Waals surface area contributed by atoms with Crippen LogP contribution in [0.4, 0.5) is 5.13 Å². The quantitative estimate of drug-likeness (QED) is 0.716. The Morgan fingerprint density at radius 1 is 1.08 bits per heavy atom. The second-order valence-corrected chi connectivity index (χ2v) is 5.93. The molecule has 0 saturated carbocycles. The number of amides is 2. The van der Waals surface area contributed by atoms with E-state index in [1.165, 1.54) is 6.26 Å². The van der Waals surface area contributed by atoms with Gasteiger partial charge in [0.2, 0.25) is 11.0 Å². The van der Waals surface area contributed by atoms with Crippen LogP contribution < -0.4 is 10.6 Å². The third kappa shape index (κ3) is 4.26. The molecule has 2 N–H and O–H groups in total. The zero-order valence-electron chi connectivity index (χ0n) is 12.6.